The van der Waals surface area contributed by atoms with Crippen molar-refractivity contribution in [2.75, 3.05) is 6.61 Å². The highest BCUT2D eigenvalue weighted by atomic mass is 79.9. The van der Waals surface area contributed by atoms with Gasteiger partial charge in [0.2, 0.25) is 0 Å². The first-order chi connectivity index (χ1) is 8.63. The fourth-order valence-electron chi connectivity index (χ4n) is 2.61. The smallest absolute Gasteiger partial charge is 0.137 e. The third-order valence-corrected chi connectivity index (χ3v) is 4.51. The number of hydrogen-bond acceptors (Lipinski definition) is 2. The van der Waals surface area contributed by atoms with Gasteiger partial charge in [-0.05, 0) is 46.8 Å². The van der Waals surface area contributed by atoms with Crippen LogP contribution in [0.5, 0.6) is 0 Å². The molecule has 1 heterocycles. The summed E-state index contributed by atoms with van der Waals surface area (Å²) in [6.07, 6.45) is 1.91. The fourth-order valence-corrected chi connectivity index (χ4v) is 3.03. The Morgan fingerprint density at radius 1 is 1.56 bits per heavy atom. The molecule has 0 aromatic heterocycles. The molecule has 1 aliphatic heterocycles. The number of aliphatic hydroxyl groups excluding tert-OH is 1. The predicted molar refractivity (Wildman–Crippen MR) is 71.9 cm³/mol. The van der Waals surface area contributed by atoms with Gasteiger partial charge in [-0.25, -0.2) is 4.39 Å². The summed E-state index contributed by atoms with van der Waals surface area (Å²) in [6.45, 7) is 2.78. The second-order valence-corrected chi connectivity index (χ2v) is 5.55. The van der Waals surface area contributed by atoms with Gasteiger partial charge in [-0.1, -0.05) is 19.1 Å². The van der Waals surface area contributed by atoms with Crippen molar-refractivity contribution in [3.05, 3.63) is 34.1 Å². The molecule has 1 aliphatic rings. The van der Waals surface area contributed by atoms with E-state index in [1.54, 1.807) is 6.07 Å². The van der Waals surface area contributed by atoms with Gasteiger partial charge in [0.05, 0.1) is 16.7 Å². The van der Waals surface area contributed by atoms with Crippen molar-refractivity contribution >= 4 is 15.9 Å². The van der Waals surface area contributed by atoms with Crippen LogP contribution in [0.25, 0.3) is 0 Å². The van der Waals surface area contributed by atoms with Gasteiger partial charge in [-0.15, -0.1) is 0 Å². The van der Waals surface area contributed by atoms with Gasteiger partial charge in [-0.2, -0.15) is 0 Å². The molecule has 100 valence electrons. The van der Waals surface area contributed by atoms with E-state index in [0.29, 0.717) is 17.5 Å². The van der Waals surface area contributed by atoms with Gasteiger partial charge in [0.15, 0.2) is 0 Å². The minimum atomic E-state index is -0.476. The highest BCUT2D eigenvalue weighted by molar-refractivity contribution is 9.10. The Hall–Kier alpha value is -0.450. The van der Waals surface area contributed by atoms with Crippen LogP contribution in [0.3, 0.4) is 0 Å². The topological polar surface area (TPSA) is 29.5 Å². The van der Waals surface area contributed by atoms with Crippen molar-refractivity contribution in [1.29, 1.82) is 0 Å². The monoisotopic (exact) mass is 316 g/mol. The first kappa shape index (κ1) is 14.0. The van der Waals surface area contributed by atoms with Crippen LogP contribution in [0.2, 0.25) is 0 Å². The maximum Gasteiger partial charge on any atom is 0.137 e. The van der Waals surface area contributed by atoms with E-state index in [1.807, 2.05) is 6.07 Å². The number of benzene rings is 1. The van der Waals surface area contributed by atoms with Crippen LogP contribution in [0, 0.1) is 11.7 Å². The van der Waals surface area contributed by atoms with Gasteiger partial charge in [0.25, 0.3) is 0 Å². The normalized spacial score (nSPS) is 25.3. The van der Waals surface area contributed by atoms with E-state index in [0.717, 1.165) is 18.4 Å². The van der Waals surface area contributed by atoms with Crippen molar-refractivity contribution in [1.82, 2.24) is 0 Å². The molecule has 4 heteroatoms. The van der Waals surface area contributed by atoms with Crippen molar-refractivity contribution in [2.24, 2.45) is 5.92 Å². The summed E-state index contributed by atoms with van der Waals surface area (Å²) in [6, 6.07) is 4.92. The summed E-state index contributed by atoms with van der Waals surface area (Å²) in [5, 5.41) is 10.3. The van der Waals surface area contributed by atoms with Gasteiger partial charge >= 0.3 is 0 Å². The SMILES string of the molecule is CCC1OCCC1C(O)Cc1cccc(F)c1Br. The molecule has 1 aromatic carbocycles. The summed E-state index contributed by atoms with van der Waals surface area (Å²) in [5.41, 5.74) is 0.809. The highest BCUT2D eigenvalue weighted by Crippen LogP contribution is 2.30. The third-order valence-electron chi connectivity index (χ3n) is 3.62. The Labute approximate surface area is 115 Å². The van der Waals surface area contributed by atoms with Crippen molar-refractivity contribution in [2.45, 2.75) is 38.4 Å². The molecule has 3 atom stereocenters. The van der Waals surface area contributed by atoms with E-state index in [4.69, 9.17) is 4.74 Å². The van der Waals surface area contributed by atoms with Gasteiger partial charge in [0.1, 0.15) is 5.82 Å². The van der Waals surface area contributed by atoms with Gasteiger partial charge < -0.3 is 9.84 Å². The first-order valence-corrected chi connectivity index (χ1v) is 7.15. The molecule has 2 rings (SSSR count). The third kappa shape index (κ3) is 2.92. The number of hydrogen-bond donors (Lipinski definition) is 1. The summed E-state index contributed by atoms with van der Waals surface area (Å²) in [4.78, 5) is 0. The Morgan fingerprint density at radius 3 is 3.06 bits per heavy atom. The van der Waals surface area contributed by atoms with Crippen molar-refractivity contribution < 1.29 is 14.2 Å². The molecular formula is C14H18BrFO2. The van der Waals surface area contributed by atoms with Crippen LogP contribution in [-0.4, -0.2) is 23.9 Å². The van der Waals surface area contributed by atoms with Gasteiger partial charge in [-0.3, -0.25) is 0 Å². The van der Waals surface area contributed by atoms with E-state index in [9.17, 15) is 9.50 Å². The number of rotatable bonds is 4. The summed E-state index contributed by atoms with van der Waals surface area (Å²) < 4.78 is 19.4. The Kier molecular flexibility index (Phi) is 4.76. The number of ether oxygens (including phenoxy) is 1. The molecule has 1 fully saturated rings. The lowest BCUT2D eigenvalue weighted by atomic mass is 9.89. The molecule has 0 bridgehead atoms. The molecule has 0 aliphatic carbocycles. The molecule has 0 saturated carbocycles. The van der Waals surface area contributed by atoms with Crippen LogP contribution in [0.15, 0.2) is 22.7 Å². The molecule has 0 amide bonds. The molecule has 2 nitrogen and oxygen atoms in total. The van der Waals surface area contributed by atoms with E-state index in [2.05, 4.69) is 22.9 Å². The van der Waals surface area contributed by atoms with Crippen molar-refractivity contribution in [3.8, 4) is 0 Å². The number of aliphatic hydroxyl groups is 1. The second kappa shape index (κ2) is 6.13. The van der Waals surface area contributed by atoms with Crippen LogP contribution in [0.1, 0.15) is 25.3 Å². The Morgan fingerprint density at radius 2 is 2.33 bits per heavy atom. The zero-order valence-electron chi connectivity index (χ0n) is 10.4. The molecule has 1 aromatic rings. The fraction of sp³-hybridized carbons (Fsp3) is 0.571. The highest BCUT2D eigenvalue weighted by Gasteiger charge is 2.32. The van der Waals surface area contributed by atoms with Crippen LogP contribution in [-0.2, 0) is 11.2 Å². The van der Waals surface area contributed by atoms with E-state index >= 15 is 0 Å². The Balaban J connectivity index is 2.06. The average molecular weight is 317 g/mol. The van der Waals surface area contributed by atoms with Crippen LogP contribution >= 0.6 is 15.9 Å². The molecular weight excluding hydrogens is 299 g/mol. The van der Waals surface area contributed by atoms with E-state index < -0.39 is 6.10 Å². The maximum absolute atomic E-state index is 13.4. The molecule has 18 heavy (non-hydrogen) atoms. The summed E-state index contributed by atoms with van der Waals surface area (Å²) in [5.74, 6) is -0.125. The quantitative estimate of drug-likeness (QED) is 0.923. The summed E-state index contributed by atoms with van der Waals surface area (Å²) in [7, 11) is 0. The molecule has 0 radical (unpaired) electrons. The van der Waals surface area contributed by atoms with Gasteiger partial charge in [0, 0.05) is 12.5 Å². The lowest BCUT2D eigenvalue weighted by molar-refractivity contribution is 0.0317. The van der Waals surface area contributed by atoms with Crippen LogP contribution < -0.4 is 0 Å². The predicted octanol–water partition coefficient (Wildman–Crippen LogP) is 3.31. The van der Waals surface area contributed by atoms with Crippen LogP contribution in [0.4, 0.5) is 4.39 Å². The molecule has 0 spiro atoms. The van der Waals surface area contributed by atoms with Crippen molar-refractivity contribution in [3.63, 3.8) is 0 Å². The largest absolute Gasteiger partial charge is 0.392 e. The zero-order chi connectivity index (χ0) is 13.1. The molecule has 1 saturated heterocycles. The second-order valence-electron chi connectivity index (χ2n) is 4.75. The molecule has 1 N–H and O–H groups in total. The number of halogens is 2. The minimum absolute atomic E-state index is 0.132. The lowest BCUT2D eigenvalue weighted by Crippen LogP contribution is -2.29. The first-order valence-electron chi connectivity index (χ1n) is 6.36. The standard InChI is InChI=1S/C14H18BrFO2/c1-2-13-10(6-7-18-13)12(17)8-9-4-3-5-11(16)14(9)15/h3-5,10,12-13,17H,2,6-8H2,1H3. The average Bonchev–Trinajstić information content (AvgIpc) is 2.83. The van der Waals surface area contributed by atoms with E-state index in [1.165, 1.54) is 6.07 Å². The maximum atomic E-state index is 13.4. The molecule has 3 unspecified atom stereocenters. The zero-order valence-corrected chi connectivity index (χ0v) is 12.0. The van der Waals surface area contributed by atoms with E-state index in [-0.39, 0.29) is 17.8 Å². The summed E-state index contributed by atoms with van der Waals surface area (Å²) >= 11 is 3.23. The minimum Gasteiger partial charge on any atom is -0.392 e. The Bertz CT molecular complexity index is 411. The lowest BCUT2D eigenvalue weighted by Gasteiger charge is -2.23.